The molecule has 1 aliphatic heterocycles. The number of rotatable bonds is 4. The lowest BCUT2D eigenvalue weighted by Gasteiger charge is -2.45. The molecule has 0 radical (unpaired) electrons. The van der Waals surface area contributed by atoms with Gasteiger partial charge in [-0.3, -0.25) is 0 Å². The maximum absolute atomic E-state index is 6.40. The van der Waals surface area contributed by atoms with Crippen LogP contribution in [0.15, 0.2) is 0 Å². The van der Waals surface area contributed by atoms with Gasteiger partial charge in [-0.25, -0.2) is 0 Å². The van der Waals surface area contributed by atoms with Crippen molar-refractivity contribution in [2.75, 3.05) is 27.2 Å². The van der Waals surface area contributed by atoms with Crippen molar-refractivity contribution in [3.63, 3.8) is 0 Å². The molecule has 0 aromatic carbocycles. The minimum absolute atomic E-state index is 0.205. The van der Waals surface area contributed by atoms with E-state index in [9.17, 15) is 0 Å². The van der Waals surface area contributed by atoms with Crippen molar-refractivity contribution in [3.8, 4) is 0 Å². The second kappa shape index (κ2) is 6.36. The fourth-order valence-electron chi connectivity index (χ4n) is 3.62. The molecule has 2 fully saturated rings. The molecule has 3 nitrogen and oxygen atoms in total. The number of ether oxygens (including phenoxy) is 1. The van der Waals surface area contributed by atoms with Crippen LogP contribution in [0.5, 0.6) is 0 Å². The van der Waals surface area contributed by atoms with Crippen LogP contribution in [0, 0.1) is 5.92 Å². The Balaban J connectivity index is 1.85. The minimum atomic E-state index is 0.205. The molecule has 2 rings (SSSR count). The Kier molecular flexibility index (Phi) is 5.05. The van der Waals surface area contributed by atoms with Gasteiger partial charge >= 0.3 is 0 Å². The summed E-state index contributed by atoms with van der Waals surface area (Å²) in [5.41, 5.74) is 6.61. The highest BCUT2D eigenvalue weighted by Gasteiger charge is 2.39. The topological polar surface area (TPSA) is 38.5 Å². The zero-order valence-corrected chi connectivity index (χ0v) is 12.2. The van der Waals surface area contributed by atoms with E-state index in [1.807, 2.05) is 0 Å². The first-order valence-electron chi connectivity index (χ1n) is 7.66. The molecular formula is C15H30N2O. The number of nitrogens with zero attached hydrogens (tertiary/aromatic N) is 1. The van der Waals surface area contributed by atoms with Gasteiger partial charge < -0.3 is 15.4 Å². The first-order chi connectivity index (χ1) is 8.61. The standard InChI is InChI=1S/C15H30N2O/c1-17(2)10-6-14(16)13-7-11-18-15(12-13)8-4-3-5-9-15/h13-14H,3-12,16H2,1-2H3. The van der Waals surface area contributed by atoms with E-state index in [0.717, 1.165) is 26.0 Å². The predicted octanol–water partition coefficient (Wildman–Crippen LogP) is 2.39. The Labute approximate surface area is 112 Å². The fourth-order valence-corrected chi connectivity index (χ4v) is 3.62. The van der Waals surface area contributed by atoms with E-state index in [-0.39, 0.29) is 5.60 Å². The SMILES string of the molecule is CN(C)CCC(N)C1CCOC2(CCCCC2)C1. The quantitative estimate of drug-likeness (QED) is 0.837. The van der Waals surface area contributed by atoms with Crippen molar-refractivity contribution in [1.82, 2.24) is 4.90 Å². The average Bonchev–Trinajstić information content (AvgIpc) is 2.37. The largest absolute Gasteiger partial charge is 0.375 e. The Hall–Kier alpha value is -0.120. The molecule has 106 valence electrons. The molecule has 2 atom stereocenters. The smallest absolute Gasteiger partial charge is 0.0685 e. The minimum Gasteiger partial charge on any atom is -0.375 e. The van der Waals surface area contributed by atoms with Crippen LogP contribution < -0.4 is 5.73 Å². The third kappa shape index (κ3) is 3.69. The second-order valence-corrected chi connectivity index (χ2v) is 6.60. The summed E-state index contributed by atoms with van der Waals surface area (Å²) in [5.74, 6) is 0.678. The van der Waals surface area contributed by atoms with Crippen molar-refractivity contribution in [2.24, 2.45) is 11.7 Å². The highest BCUT2D eigenvalue weighted by molar-refractivity contribution is 4.92. The fraction of sp³-hybridized carbons (Fsp3) is 1.00. The molecule has 2 aliphatic rings. The molecule has 1 saturated carbocycles. The van der Waals surface area contributed by atoms with Crippen LogP contribution >= 0.6 is 0 Å². The number of nitrogens with two attached hydrogens (primary N) is 1. The van der Waals surface area contributed by atoms with Crippen LogP contribution in [-0.2, 0) is 4.74 Å². The Morgan fingerprint density at radius 3 is 2.67 bits per heavy atom. The Morgan fingerprint density at radius 1 is 1.28 bits per heavy atom. The lowest BCUT2D eigenvalue weighted by atomic mass is 9.74. The van der Waals surface area contributed by atoms with Gasteiger partial charge in [0.2, 0.25) is 0 Å². The van der Waals surface area contributed by atoms with Crippen LogP contribution in [0.25, 0.3) is 0 Å². The Morgan fingerprint density at radius 2 is 2.00 bits per heavy atom. The van der Waals surface area contributed by atoms with Gasteiger partial charge in [-0.05, 0) is 58.7 Å². The predicted molar refractivity (Wildman–Crippen MR) is 75.6 cm³/mol. The van der Waals surface area contributed by atoms with Gasteiger partial charge in [-0.2, -0.15) is 0 Å². The molecule has 1 aliphatic carbocycles. The monoisotopic (exact) mass is 254 g/mol. The first kappa shape index (κ1) is 14.3. The van der Waals surface area contributed by atoms with E-state index >= 15 is 0 Å². The van der Waals surface area contributed by atoms with E-state index < -0.39 is 0 Å². The van der Waals surface area contributed by atoms with Crippen molar-refractivity contribution in [3.05, 3.63) is 0 Å². The Bertz CT molecular complexity index is 243. The van der Waals surface area contributed by atoms with Crippen LogP contribution in [0.4, 0.5) is 0 Å². The molecule has 2 unspecified atom stereocenters. The number of hydrogen-bond acceptors (Lipinski definition) is 3. The van der Waals surface area contributed by atoms with E-state index in [4.69, 9.17) is 10.5 Å². The van der Waals surface area contributed by atoms with Gasteiger partial charge in [0.15, 0.2) is 0 Å². The third-order valence-corrected chi connectivity index (χ3v) is 4.81. The van der Waals surface area contributed by atoms with Crippen LogP contribution in [0.1, 0.15) is 51.4 Å². The zero-order valence-electron chi connectivity index (χ0n) is 12.2. The lowest BCUT2D eigenvalue weighted by molar-refractivity contribution is -0.120. The second-order valence-electron chi connectivity index (χ2n) is 6.60. The van der Waals surface area contributed by atoms with E-state index in [2.05, 4.69) is 19.0 Å². The van der Waals surface area contributed by atoms with Gasteiger partial charge in [0.25, 0.3) is 0 Å². The summed E-state index contributed by atoms with van der Waals surface area (Å²) in [7, 11) is 4.25. The average molecular weight is 254 g/mol. The first-order valence-corrected chi connectivity index (χ1v) is 7.66. The summed E-state index contributed by atoms with van der Waals surface area (Å²) >= 11 is 0. The summed E-state index contributed by atoms with van der Waals surface area (Å²) in [6.07, 6.45) is 10.1. The summed E-state index contributed by atoms with van der Waals surface area (Å²) in [6.45, 7) is 2.03. The lowest BCUT2D eigenvalue weighted by Crippen LogP contribution is -2.46. The van der Waals surface area contributed by atoms with Gasteiger partial charge in [0.1, 0.15) is 0 Å². The van der Waals surface area contributed by atoms with Gasteiger partial charge in [0.05, 0.1) is 5.60 Å². The van der Waals surface area contributed by atoms with Gasteiger partial charge in [-0.1, -0.05) is 19.3 Å². The maximum atomic E-state index is 6.40. The van der Waals surface area contributed by atoms with Crippen LogP contribution in [-0.4, -0.2) is 43.8 Å². The summed E-state index contributed by atoms with van der Waals surface area (Å²) in [5, 5.41) is 0. The summed E-state index contributed by atoms with van der Waals surface area (Å²) < 4.78 is 6.15. The third-order valence-electron chi connectivity index (χ3n) is 4.81. The van der Waals surface area contributed by atoms with Crippen molar-refractivity contribution < 1.29 is 4.74 Å². The normalized spacial score (nSPS) is 29.7. The van der Waals surface area contributed by atoms with E-state index in [0.29, 0.717) is 12.0 Å². The van der Waals surface area contributed by atoms with Gasteiger partial charge in [0, 0.05) is 12.6 Å². The van der Waals surface area contributed by atoms with Crippen molar-refractivity contribution in [2.45, 2.75) is 63.0 Å². The van der Waals surface area contributed by atoms with E-state index in [1.165, 1.54) is 38.5 Å². The molecule has 0 aromatic heterocycles. The summed E-state index contributed by atoms with van der Waals surface area (Å²) in [6, 6.07) is 0.357. The van der Waals surface area contributed by atoms with Crippen LogP contribution in [0.2, 0.25) is 0 Å². The zero-order chi connectivity index (χ0) is 13.0. The number of hydrogen-bond donors (Lipinski definition) is 1. The molecule has 0 amide bonds. The van der Waals surface area contributed by atoms with Crippen molar-refractivity contribution >= 4 is 0 Å². The molecule has 1 heterocycles. The highest BCUT2D eigenvalue weighted by Crippen LogP contribution is 2.41. The molecule has 1 spiro atoms. The maximum Gasteiger partial charge on any atom is 0.0685 e. The molecule has 0 bridgehead atoms. The molecule has 2 N–H and O–H groups in total. The van der Waals surface area contributed by atoms with Crippen LogP contribution in [0.3, 0.4) is 0 Å². The molecule has 1 saturated heterocycles. The molecule has 18 heavy (non-hydrogen) atoms. The summed E-state index contributed by atoms with van der Waals surface area (Å²) in [4.78, 5) is 2.23. The molecule has 3 heteroatoms. The van der Waals surface area contributed by atoms with E-state index in [1.54, 1.807) is 0 Å². The highest BCUT2D eigenvalue weighted by atomic mass is 16.5. The molecular weight excluding hydrogens is 224 g/mol. The van der Waals surface area contributed by atoms with Gasteiger partial charge in [-0.15, -0.1) is 0 Å². The molecule has 0 aromatic rings. The van der Waals surface area contributed by atoms with Crippen molar-refractivity contribution in [1.29, 1.82) is 0 Å².